The second-order valence-electron chi connectivity index (χ2n) is 6.42. The molecule has 1 aromatic carbocycles. The number of hydrogen-bond donors (Lipinski definition) is 2. The Morgan fingerprint density at radius 1 is 1.25 bits per heavy atom. The summed E-state index contributed by atoms with van der Waals surface area (Å²) in [7, 11) is 2.57. The molecule has 0 bridgehead atoms. The van der Waals surface area contributed by atoms with Crippen LogP contribution in [0.5, 0.6) is 11.5 Å². The molecule has 0 spiro atoms. The molecular weight excluding hydrogens is 446 g/mol. The van der Waals surface area contributed by atoms with Crippen molar-refractivity contribution < 1.29 is 37.8 Å². The fourth-order valence-corrected chi connectivity index (χ4v) is 3.06. The van der Waals surface area contributed by atoms with Gasteiger partial charge >= 0.3 is 12.0 Å². The van der Waals surface area contributed by atoms with E-state index >= 15 is 0 Å². The minimum absolute atomic E-state index is 0.0624. The van der Waals surface area contributed by atoms with Gasteiger partial charge in [0.15, 0.2) is 18.1 Å². The molecule has 32 heavy (non-hydrogen) atoms. The molecule has 1 aliphatic heterocycles. The number of benzene rings is 1. The second-order valence-corrected chi connectivity index (χ2v) is 6.85. The Labute approximate surface area is 186 Å². The van der Waals surface area contributed by atoms with Gasteiger partial charge in [-0.1, -0.05) is 11.6 Å². The van der Waals surface area contributed by atoms with Gasteiger partial charge in [0.2, 0.25) is 5.76 Å². The fourth-order valence-electron chi connectivity index (χ4n) is 2.85. The fraction of sp³-hybridized carbons (Fsp3) is 0.200. The molecule has 1 saturated heterocycles. The SMILES string of the molecule is COC(=O)c1ccc(CN2C(=O)NC(=Cc3cc(Cl)cc(OC)c3OCC(N)=O)C2=O)o1. The third kappa shape index (κ3) is 4.83. The number of ether oxygens (including phenoxy) is 3. The van der Waals surface area contributed by atoms with Crippen molar-refractivity contribution in [3.63, 3.8) is 0 Å². The predicted octanol–water partition coefficient (Wildman–Crippen LogP) is 1.69. The molecule has 3 N–H and O–H groups in total. The molecule has 0 radical (unpaired) electrons. The average Bonchev–Trinajstić information content (AvgIpc) is 3.32. The number of esters is 1. The smallest absolute Gasteiger partial charge is 0.373 e. The molecule has 0 atom stereocenters. The van der Waals surface area contributed by atoms with Crippen LogP contribution in [0.1, 0.15) is 21.9 Å². The summed E-state index contributed by atoms with van der Waals surface area (Å²) >= 11 is 6.10. The van der Waals surface area contributed by atoms with Gasteiger partial charge in [-0.2, -0.15) is 0 Å². The van der Waals surface area contributed by atoms with Gasteiger partial charge in [0.05, 0.1) is 20.8 Å². The molecule has 3 rings (SSSR count). The minimum Gasteiger partial charge on any atom is -0.493 e. The number of rotatable bonds is 8. The first kappa shape index (κ1) is 22.7. The minimum atomic E-state index is -0.721. The molecule has 0 saturated carbocycles. The number of carbonyl (C=O) groups excluding carboxylic acids is 4. The standard InChI is InChI=1S/C20H18ClN3O8/c1-29-15-7-11(21)5-10(17(15)31-9-16(22)25)6-13-18(26)24(20(28)23-13)8-12-3-4-14(32-12)19(27)30-2/h3-7H,8-9H2,1-2H3,(H2,22,25)(H,23,28). The molecule has 0 unspecified atom stereocenters. The summed E-state index contributed by atoms with van der Waals surface area (Å²) in [5.41, 5.74) is 5.32. The molecule has 11 nitrogen and oxygen atoms in total. The van der Waals surface area contributed by atoms with Gasteiger partial charge in [0.25, 0.3) is 11.8 Å². The highest BCUT2D eigenvalue weighted by Crippen LogP contribution is 2.36. The first-order valence-corrected chi connectivity index (χ1v) is 9.41. The van der Waals surface area contributed by atoms with Gasteiger partial charge in [-0.05, 0) is 24.3 Å². The average molecular weight is 464 g/mol. The number of urea groups is 1. The Bertz CT molecular complexity index is 1120. The van der Waals surface area contributed by atoms with Gasteiger partial charge < -0.3 is 29.7 Å². The van der Waals surface area contributed by atoms with Crippen LogP contribution in [-0.2, 0) is 20.9 Å². The van der Waals surface area contributed by atoms with E-state index in [-0.39, 0.29) is 45.8 Å². The second kappa shape index (κ2) is 9.43. The molecule has 0 aliphatic carbocycles. The van der Waals surface area contributed by atoms with Crippen molar-refractivity contribution in [2.45, 2.75) is 6.54 Å². The Kier molecular flexibility index (Phi) is 6.69. The van der Waals surface area contributed by atoms with Crippen LogP contribution in [0.3, 0.4) is 0 Å². The number of amides is 4. The predicted molar refractivity (Wildman–Crippen MR) is 110 cm³/mol. The van der Waals surface area contributed by atoms with Crippen molar-refractivity contribution in [3.8, 4) is 11.5 Å². The van der Waals surface area contributed by atoms with Gasteiger partial charge in [-0.3, -0.25) is 14.5 Å². The summed E-state index contributed by atoms with van der Waals surface area (Å²) in [6.07, 6.45) is 1.33. The lowest BCUT2D eigenvalue weighted by molar-refractivity contribution is -0.123. The Balaban J connectivity index is 1.88. The molecule has 1 aliphatic rings. The van der Waals surface area contributed by atoms with Crippen molar-refractivity contribution >= 4 is 41.5 Å². The van der Waals surface area contributed by atoms with E-state index in [0.717, 1.165) is 4.90 Å². The topological polar surface area (TPSA) is 150 Å². The van der Waals surface area contributed by atoms with Gasteiger partial charge in [-0.25, -0.2) is 9.59 Å². The number of imide groups is 1. The van der Waals surface area contributed by atoms with E-state index in [1.807, 2.05) is 0 Å². The highest BCUT2D eigenvalue weighted by atomic mass is 35.5. The van der Waals surface area contributed by atoms with Crippen molar-refractivity contribution in [2.75, 3.05) is 20.8 Å². The third-order valence-corrected chi connectivity index (χ3v) is 4.47. The van der Waals surface area contributed by atoms with Crippen LogP contribution in [0.2, 0.25) is 5.02 Å². The van der Waals surface area contributed by atoms with E-state index in [1.54, 1.807) is 0 Å². The Hall–Kier alpha value is -3.99. The van der Waals surface area contributed by atoms with E-state index in [9.17, 15) is 19.2 Å². The summed E-state index contributed by atoms with van der Waals surface area (Å²) in [5, 5.41) is 2.71. The zero-order valence-electron chi connectivity index (χ0n) is 17.0. The Morgan fingerprint density at radius 2 is 2.00 bits per heavy atom. The molecule has 1 fully saturated rings. The van der Waals surface area contributed by atoms with Crippen LogP contribution in [0.15, 0.2) is 34.4 Å². The van der Waals surface area contributed by atoms with Crippen LogP contribution in [0, 0.1) is 0 Å². The van der Waals surface area contributed by atoms with Crippen LogP contribution >= 0.6 is 11.6 Å². The molecule has 168 valence electrons. The van der Waals surface area contributed by atoms with E-state index in [1.165, 1.54) is 44.6 Å². The molecule has 12 heteroatoms. The maximum atomic E-state index is 12.8. The summed E-state index contributed by atoms with van der Waals surface area (Å²) in [5.74, 6) is -1.62. The zero-order valence-corrected chi connectivity index (χ0v) is 17.7. The molecular formula is C20H18ClN3O8. The van der Waals surface area contributed by atoms with Gasteiger partial charge in [-0.15, -0.1) is 0 Å². The molecule has 1 aromatic heterocycles. The maximum absolute atomic E-state index is 12.8. The lowest BCUT2D eigenvalue weighted by Crippen LogP contribution is -2.30. The number of primary amides is 1. The summed E-state index contributed by atoms with van der Waals surface area (Å²) in [4.78, 5) is 48.7. The molecule has 2 heterocycles. The van der Waals surface area contributed by atoms with Crippen LogP contribution in [0.4, 0.5) is 4.79 Å². The number of methoxy groups -OCH3 is 2. The van der Waals surface area contributed by atoms with Crippen molar-refractivity contribution in [1.29, 1.82) is 0 Å². The number of nitrogens with one attached hydrogen (secondary N) is 1. The summed E-state index contributed by atoms with van der Waals surface area (Å²) in [6, 6.07) is 5.04. The number of furan rings is 1. The zero-order chi connectivity index (χ0) is 23.4. The van der Waals surface area contributed by atoms with Crippen LogP contribution in [-0.4, -0.2) is 49.5 Å². The highest BCUT2D eigenvalue weighted by molar-refractivity contribution is 6.31. The monoisotopic (exact) mass is 463 g/mol. The van der Waals surface area contributed by atoms with Crippen LogP contribution < -0.4 is 20.5 Å². The van der Waals surface area contributed by atoms with E-state index in [4.69, 9.17) is 31.2 Å². The summed E-state index contributed by atoms with van der Waals surface area (Å²) in [6.45, 7) is -0.662. The van der Waals surface area contributed by atoms with Crippen molar-refractivity contribution in [1.82, 2.24) is 10.2 Å². The lowest BCUT2D eigenvalue weighted by atomic mass is 10.1. The normalized spacial score (nSPS) is 14.5. The maximum Gasteiger partial charge on any atom is 0.373 e. The lowest BCUT2D eigenvalue weighted by Gasteiger charge is -2.13. The van der Waals surface area contributed by atoms with E-state index in [2.05, 4.69) is 10.1 Å². The van der Waals surface area contributed by atoms with Gasteiger partial charge in [0.1, 0.15) is 11.5 Å². The van der Waals surface area contributed by atoms with Crippen molar-refractivity contribution in [3.05, 3.63) is 52.1 Å². The number of halogens is 1. The molecule has 4 amide bonds. The van der Waals surface area contributed by atoms with E-state index < -0.39 is 30.4 Å². The van der Waals surface area contributed by atoms with Crippen LogP contribution in [0.25, 0.3) is 6.08 Å². The number of carbonyl (C=O) groups is 4. The van der Waals surface area contributed by atoms with Gasteiger partial charge in [0, 0.05) is 16.7 Å². The van der Waals surface area contributed by atoms with E-state index in [0.29, 0.717) is 0 Å². The first-order valence-electron chi connectivity index (χ1n) is 9.03. The Morgan fingerprint density at radius 3 is 2.66 bits per heavy atom. The largest absolute Gasteiger partial charge is 0.493 e. The summed E-state index contributed by atoms with van der Waals surface area (Å²) < 4.78 is 20.5. The highest BCUT2D eigenvalue weighted by Gasteiger charge is 2.34. The number of nitrogens with two attached hydrogens (primary N) is 1. The molecule has 2 aromatic rings. The third-order valence-electron chi connectivity index (χ3n) is 4.25. The van der Waals surface area contributed by atoms with Crippen molar-refractivity contribution in [2.24, 2.45) is 5.73 Å². The first-order chi connectivity index (χ1) is 15.2. The number of hydrogen-bond acceptors (Lipinski definition) is 8. The quantitative estimate of drug-likeness (QED) is 0.341. The number of nitrogens with zero attached hydrogens (tertiary/aromatic N) is 1.